The van der Waals surface area contributed by atoms with Gasteiger partial charge in [0.2, 0.25) is 15.9 Å². The number of benzene rings is 1. The van der Waals surface area contributed by atoms with Crippen molar-refractivity contribution in [3.05, 3.63) is 42.0 Å². The summed E-state index contributed by atoms with van der Waals surface area (Å²) in [5.74, 6) is -2.10. The molecule has 2 bridgehead atoms. The lowest BCUT2D eigenvalue weighted by molar-refractivity contribution is -0.157. The molecule has 1 saturated heterocycles. The average Bonchev–Trinajstić information content (AvgIpc) is 2.78. The third-order valence-corrected chi connectivity index (χ3v) is 8.97. The summed E-state index contributed by atoms with van der Waals surface area (Å²) < 4.78 is 27.5. The second kappa shape index (κ2) is 8.39. The summed E-state index contributed by atoms with van der Waals surface area (Å²) >= 11 is 0. The van der Waals surface area contributed by atoms with E-state index in [9.17, 15) is 23.1 Å². The maximum absolute atomic E-state index is 13.2. The molecule has 168 valence electrons. The van der Waals surface area contributed by atoms with Crippen LogP contribution in [0.4, 0.5) is 0 Å². The number of sulfonamides is 1. The minimum Gasteiger partial charge on any atom is -0.481 e. The van der Waals surface area contributed by atoms with E-state index in [0.29, 0.717) is 5.92 Å². The number of carbonyl (C=O) groups is 2. The molecule has 3 aliphatic carbocycles. The summed E-state index contributed by atoms with van der Waals surface area (Å²) in [4.78, 5) is 27.0. The van der Waals surface area contributed by atoms with E-state index in [2.05, 4.69) is 13.8 Å². The summed E-state index contributed by atoms with van der Waals surface area (Å²) in [5, 5.41) is 9.71. The highest BCUT2D eigenvalue weighted by Crippen LogP contribution is 2.45. The Kier molecular flexibility index (Phi) is 5.96. The zero-order valence-corrected chi connectivity index (χ0v) is 18.8. The second-order valence-electron chi connectivity index (χ2n) is 9.13. The van der Waals surface area contributed by atoms with Crippen molar-refractivity contribution in [3.8, 4) is 0 Å². The van der Waals surface area contributed by atoms with Gasteiger partial charge in [0, 0.05) is 26.2 Å². The van der Waals surface area contributed by atoms with Gasteiger partial charge >= 0.3 is 5.97 Å². The van der Waals surface area contributed by atoms with Gasteiger partial charge in [0.1, 0.15) is 0 Å². The minimum absolute atomic E-state index is 0.0418. The fraction of sp³-hybridized carbons (Fsp3) is 0.565. The summed E-state index contributed by atoms with van der Waals surface area (Å²) in [6, 6.07) is 6.97. The van der Waals surface area contributed by atoms with Crippen LogP contribution in [0.5, 0.6) is 0 Å². The molecule has 2 fully saturated rings. The highest BCUT2D eigenvalue weighted by molar-refractivity contribution is 7.89. The van der Waals surface area contributed by atoms with Crippen LogP contribution in [0.1, 0.15) is 38.2 Å². The topological polar surface area (TPSA) is 95.0 Å². The van der Waals surface area contributed by atoms with E-state index in [0.717, 1.165) is 18.4 Å². The Labute approximate surface area is 183 Å². The first kappa shape index (κ1) is 22.0. The summed E-state index contributed by atoms with van der Waals surface area (Å²) in [6.07, 6.45) is 5.59. The molecule has 1 amide bonds. The Morgan fingerprint density at radius 1 is 0.935 bits per heavy atom. The van der Waals surface area contributed by atoms with Crippen LogP contribution in [0.15, 0.2) is 41.3 Å². The number of fused-ring (bicyclic) bond motifs is 2. The molecule has 7 nitrogen and oxygen atoms in total. The molecule has 1 N–H and O–H groups in total. The third kappa shape index (κ3) is 4.03. The smallest absolute Gasteiger partial charge is 0.307 e. The van der Waals surface area contributed by atoms with Crippen LogP contribution in [0.2, 0.25) is 0 Å². The van der Waals surface area contributed by atoms with E-state index >= 15 is 0 Å². The molecular weight excluding hydrogens is 416 g/mol. The molecule has 1 aromatic carbocycles. The summed E-state index contributed by atoms with van der Waals surface area (Å²) in [5.41, 5.74) is 1.08. The van der Waals surface area contributed by atoms with Crippen LogP contribution in [-0.2, 0) is 19.6 Å². The van der Waals surface area contributed by atoms with Crippen molar-refractivity contribution in [1.29, 1.82) is 0 Å². The Bertz CT molecular complexity index is 978. The summed E-state index contributed by atoms with van der Waals surface area (Å²) in [7, 11) is -3.62. The quantitative estimate of drug-likeness (QED) is 0.702. The monoisotopic (exact) mass is 446 g/mol. The zero-order chi connectivity index (χ0) is 22.3. The molecule has 8 heteroatoms. The van der Waals surface area contributed by atoms with Gasteiger partial charge in [0.05, 0.1) is 16.7 Å². The molecule has 4 atom stereocenters. The Hall–Kier alpha value is -2.19. The minimum atomic E-state index is -3.62. The lowest BCUT2D eigenvalue weighted by Gasteiger charge is -2.45. The van der Waals surface area contributed by atoms with Crippen molar-refractivity contribution in [2.75, 3.05) is 26.2 Å². The number of carboxylic acid groups (broad SMARTS) is 1. The van der Waals surface area contributed by atoms with Gasteiger partial charge in [-0.3, -0.25) is 9.59 Å². The zero-order valence-electron chi connectivity index (χ0n) is 18.0. The van der Waals surface area contributed by atoms with Crippen molar-refractivity contribution >= 4 is 21.9 Å². The van der Waals surface area contributed by atoms with Gasteiger partial charge in [-0.1, -0.05) is 38.1 Å². The van der Waals surface area contributed by atoms with Crippen molar-refractivity contribution in [1.82, 2.24) is 9.21 Å². The normalized spacial score (nSPS) is 28.8. The van der Waals surface area contributed by atoms with Crippen LogP contribution in [0.25, 0.3) is 0 Å². The Morgan fingerprint density at radius 2 is 1.48 bits per heavy atom. The second-order valence-corrected chi connectivity index (χ2v) is 11.1. The van der Waals surface area contributed by atoms with Gasteiger partial charge in [-0.15, -0.1) is 0 Å². The standard InChI is InChI=1S/C23H30N2O5S/c1-15(2)16-7-9-19(10-8-16)31(29,30)25-13-11-24(12-14-25)22(26)20-17-3-5-18(6-4-17)21(20)23(27)28/h3,5,7-10,15,17-18,20-21H,4,6,11-14H2,1-2H3,(H,27,28)/t17-,18+,20+,21+/m1/s1. The van der Waals surface area contributed by atoms with Gasteiger partial charge in [0.15, 0.2) is 0 Å². The third-order valence-electron chi connectivity index (χ3n) is 7.05. The number of nitrogens with zero attached hydrogens (tertiary/aromatic N) is 2. The van der Waals surface area contributed by atoms with Crippen LogP contribution in [0.3, 0.4) is 0 Å². The molecule has 0 radical (unpaired) electrons. The van der Waals surface area contributed by atoms with Crippen molar-refractivity contribution in [2.24, 2.45) is 23.7 Å². The molecule has 31 heavy (non-hydrogen) atoms. The van der Waals surface area contributed by atoms with Crippen LogP contribution in [-0.4, -0.2) is 60.8 Å². The van der Waals surface area contributed by atoms with Gasteiger partial charge in [-0.2, -0.15) is 4.31 Å². The Balaban J connectivity index is 1.44. The number of aliphatic carboxylic acids is 1. The lowest BCUT2D eigenvalue weighted by atomic mass is 9.62. The van der Waals surface area contributed by atoms with Crippen molar-refractivity contribution < 1.29 is 23.1 Å². The van der Waals surface area contributed by atoms with E-state index < -0.39 is 27.8 Å². The largest absolute Gasteiger partial charge is 0.481 e. The van der Waals surface area contributed by atoms with E-state index in [1.54, 1.807) is 17.0 Å². The number of carbonyl (C=O) groups excluding carboxylic acids is 1. The molecule has 1 heterocycles. The maximum Gasteiger partial charge on any atom is 0.307 e. The van der Waals surface area contributed by atoms with Crippen LogP contribution >= 0.6 is 0 Å². The van der Waals surface area contributed by atoms with E-state index in [4.69, 9.17) is 0 Å². The first-order valence-corrected chi connectivity index (χ1v) is 12.4. The van der Waals surface area contributed by atoms with Gasteiger partial charge in [-0.05, 0) is 48.3 Å². The van der Waals surface area contributed by atoms with Crippen molar-refractivity contribution in [2.45, 2.75) is 37.5 Å². The van der Waals surface area contributed by atoms with Gasteiger partial charge in [-0.25, -0.2) is 8.42 Å². The first-order valence-electron chi connectivity index (χ1n) is 11.0. The highest BCUT2D eigenvalue weighted by Gasteiger charge is 2.49. The number of amides is 1. The fourth-order valence-electron chi connectivity index (χ4n) is 5.20. The lowest BCUT2D eigenvalue weighted by Crippen LogP contribution is -2.55. The molecule has 0 spiro atoms. The number of piperazine rings is 1. The number of rotatable bonds is 5. The highest BCUT2D eigenvalue weighted by atomic mass is 32.2. The van der Waals surface area contributed by atoms with Crippen LogP contribution < -0.4 is 0 Å². The molecule has 1 aliphatic heterocycles. The molecule has 4 aliphatic rings. The maximum atomic E-state index is 13.2. The van der Waals surface area contributed by atoms with Crippen LogP contribution in [0, 0.1) is 23.7 Å². The predicted molar refractivity (Wildman–Crippen MR) is 116 cm³/mol. The number of hydrogen-bond acceptors (Lipinski definition) is 4. The fourth-order valence-corrected chi connectivity index (χ4v) is 6.62. The first-order chi connectivity index (χ1) is 14.7. The predicted octanol–water partition coefficient (Wildman–Crippen LogP) is 2.56. The molecule has 1 aromatic rings. The SMILES string of the molecule is CC(C)c1ccc(S(=O)(=O)N2CCN(C(=O)[C@@H]3[C@@H](C(=O)O)[C@H]4C=C[C@@H]3CC4)CC2)cc1. The van der Waals surface area contributed by atoms with E-state index in [1.165, 1.54) is 4.31 Å². The molecular formula is C23H30N2O5S. The number of carboxylic acids is 1. The average molecular weight is 447 g/mol. The van der Waals surface area contributed by atoms with Gasteiger partial charge in [0.25, 0.3) is 0 Å². The Morgan fingerprint density at radius 3 is 1.97 bits per heavy atom. The molecule has 5 rings (SSSR count). The number of hydrogen-bond donors (Lipinski definition) is 1. The molecule has 0 unspecified atom stereocenters. The van der Waals surface area contributed by atoms with Crippen molar-refractivity contribution in [3.63, 3.8) is 0 Å². The summed E-state index contributed by atoms with van der Waals surface area (Å²) in [6.45, 7) is 5.12. The van der Waals surface area contributed by atoms with E-state index in [1.807, 2.05) is 24.3 Å². The van der Waals surface area contributed by atoms with E-state index in [-0.39, 0.29) is 48.8 Å². The molecule has 1 saturated carbocycles. The van der Waals surface area contributed by atoms with Gasteiger partial charge < -0.3 is 10.0 Å². The molecule has 0 aromatic heterocycles. The number of allylic oxidation sites excluding steroid dienone is 2.